The zero-order valence-corrected chi connectivity index (χ0v) is 15.4. The van der Waals surface area contributed by atoms with Crippen LogP contribution in [0, 0.1) is 0 Å². The molecule has 1 saturated carbocycles. The fourth-order valence-corrected chi connectivity index (χ4v) is 3.63. The summed E-state index contributed by atoms with van der Waals surface area (Å²) in [7, 11) is 0. The summed E-state index contributed by atoms with van der Waals surface area (Å²) < 4.78 is 22.5. The van der Waals surface area contributed by atoms with Crippen LogP contribution in [0.4, 0.5) is 0 Å². The Kier molecular flexibility index (Phi) is 7.76. The molecule has 146 valence electrons. The maximum Gasteiger partial charge on any atom is 0.137 e. The van der Waals surface area contributed by atoms with Crippen molar-refractivity contribution in [3.8, 4) is 0 Å². The molecule has 0 unspecified atom stereocenters. The number of nitrogens with zero attached hydrogens (tertiary/aromatic N) is 2. The molecule has 1 aliphatic heterocycles. The first-order valence-corrected chi connectivity index (χ1v) is 9.60. The molecule has 2 aliphatic rings. The molecule has 7 heteroatoms. The van der Waals surface area contributed by atoms with Gasteiger partial charge in [-0.05, 0) is 18.9 Å². The summed E-state index contributed by atoms with van der Waals surface area (Å²) in [6.45, 7) is 4.05. The zero-order chi connectivity index (χ0) is 18.1. The normalized spacial score (nSPS) is 23.0. The second kappa shape index (κ2) is 10.3. The van der Waals surface area contributed by atoms with E-state index in [1.807, 2.05) is 0 Å². The van der Waals surface area contributed by atoms with E-state index in [0.29, 0.717) is 51.9 Å². The van der Waals surface area contributed by atoms with Gasteiger partial charge < -0.3 is 24.1 Å². The molecule has 0 amide bonds. The molecule has 1 aromatic heterocycles. The molecule has 1 saturated heterocycles. The van der Waals surface area contributed by atoms with Crippen molar-refractivity contribution in [2.45, 2.75) is 50.2 Å². The van der Waals surface area contributed by atoms with E-state index in [0.717, 1.165) is 31.5 Å². The van der Waals surface area contributed by atoms with Gasteiger partial charge in [0.15, 0.2) is 0 Å². The van der Waals surface area contributed by atoms with E-state index in [1.54, 1.807) is 12.3 Å². The van der Waals surface area contributed by atoms with Crippen LogP contribution in [-0.4, -0.2) is 67.4 Å². The Balaban J connectivity index is 1.46. The Morgan fingerprint density at radius 1 is 1.15 bits per heavy atom. The van der Waals surface area contributed by atoms with Crippen LogP contribution < -0.4 is 0 Å². The fourth-order valence-electron chi connectivity index (χ4n) is 3.63. The van der Waals surface area contributed by atoms with Crippen molar-refractivity contribution in [3.63, 3.8) is 0 Å². The predicted octanol–water partition coefficient (Wildman–Crippen LogP) is 1.62. The summed E-state index contributed by atoms with van der Waals surface area (Å²) in [6, 6.07) is 1.76. The average Bonchev–Trinajstić information content (AvgIpc) is 2.72. The third-order valence-electron chi connectivity index (χ3n) is 5.10. The van der Waals surface area contributed by atoms with Crippen LogP contribution in [0.3, 0.4) is 0 Å². The topological polar surface area (TPSA) is 82.9 Å². The third kappa shape index (κ3) is 5.44. The van der Waals surface area contributed by atoms with Crippen molar-refractivity contribution >= 4 is 0 Å². The molecule has 1 atom stereocenters. The van der Waals surface area contributed by atoms with Crippen LogP contribution in [0.25, 0.3) is 0 Å². The van der Waals surface area contributed by atoms with Gasteiger partial charge in [0.05, 0.1) is 64.0 Å². The summed E-state index contributed by atoms with van der Waals surface area (Å²) in [5.41, 5.74) is 0.516. The van der Waals surface area contributed by atoms with Crippen molar-refractivity contribution < 1.29 is 24.1 Å². The summed E-state index contributed by atoms with van der Waals surface area (Å²) in [6.07, 6.45) is 7.37. The molecule has 1 aromatic rings. The molecular weight excluding hydrogens is 336 g/mol. The van der Waals surface area contributed by atoms with Gasteiger partial charge in [-0.1, -0.05) is 19.3 Å². The van der Waals surface area contributed by atoms with E-state index >= 15 is 0 Å². The number of aliphatic hydroxyl groups is 1. The standard InChI is InChI=1S/C19H30N2O5/c22-12-16-4-7-20-18(21-16)19(5-2-1-3-6-19)15-25-9-8-23-13-17-14-24-10-11-26-17/h4,7,17,22H,1-3,5-6,8-15H2/t17-/m0/s1. The molecule has 0 spiro atoms. The van der Waals surface area contributed by atoms with Crippen molar-refractivity contribution in [1.29, 1.82) is 0 Å². The first-order chi connectivity index (χ1) is 12.8. The zero-order valence-electron chi connectivity index (χ0n) is 15.4. The number of aromatic nitrogens is 2. The molecule has 3 rings (SSSR count). The molecule has 2 heterocycles. The van der Waals surface area contributed by atoms with Gasteiger partial charge in [0.1, 0.15) is 11.9 Å². The smallest absolute Gasteiger partial charge is 0.137 e. The Bertz CT molecular complexity index is 530. The lowest BCUT2D eigenvalue weighted by Gasteiger charge is -2.35. The molecular formula is C19H30N2O5. The maximum atomic E-state index is 9.37. The number of hydrogen-bond donors (Lipinski definition) is 1. The van der Waals surface area contributed by atoms with Gasteiger partial charge in [-0.25, -0.2) is 9.97 Å². The second-order valence-corrected chi connectivity index (χ2v) is 7.07. The second-order valence-electron chi connectivity index (χ2n) is 7.07. The molecule has 0 aromatic carbocycles. The highest BCUT2D eigenvalue weighted by Crippen LogP contribution is 2.38. The first kappa shape index (κ1) is 19.6. The largest absolute Gasteiger partial charge is 0.390 e. The minimum Gasteiger partial charge on any atom is -0.390 e. The van der Waals surface area contributed by atoms with Gasteiger partial charge in [-0.15, -0.1) is 0 Å². The van der Waals surface area contributed by atoms with Crippen LogP contribution in [0.2, 0.25) is 0 Å². The van der Waals surface area contributed by atoms with Crippen LogP contribution in [-0.2, 0) is 31.0 Å². The summed E-state index contributed by atoms with van der Waals surface area (Å²) in [4.78, 5) is 9.06. The van der Waals surface area contributed by atoms with Gasteiger partial charge in [-0.3, -0.25) is 0 Å². The van der Waals surface area contributed by atoms with Crippen molar-refractivity contribution in [3.05, 3.63) is 23.8 Å². The van der Waals surface area contributed by atoms with Crippen LogP contribution in [0.5, 0.6) is 0 Å². The minimum absolute atomic E-state index is 0.0306. The van der Waals surface area contributed by atoms with E-state index in [2.05, 4.69) is 9.97 Å². The highest BCUT2D eigenvalue weighted by atomic mass is 16.6. The summed E-state index contributed by atoms with van der Waals surface area (Å²) in [5.74, 6) is 0.803. The van der Waals surface area contributed by atoms with Gasteiger partial charge in [-0.2, -0.15) is 0 Å². The Hall–Kier alpha value is -1.12. The minimum atomic E-state index is -0.149. The van der Waals surface area contributed by atoms with Crippen LogP contribution in [0.15, 0.2) is 12.3 Å². The number of aliphatic hydroxyl groups excluding tert-OH is 1. The van der Waals surface area contributed by atoms with Crippen LogP contribution >= 0.6 is 0 Å². The average molecular weight is 366 g/mol. The highest BCUT2D eigenvalue weighted by molar-refractivity contribution is 5.13. The monoisotopic (exact) mass is 366 g/mol. The van der Waals surface area contributed by atoms with E-state index in [1.165, 1.54) is 6.42 Å². The number of rotatable bonds is 9. The van der Waals surface area contributed by atoms with E-state index in [4.69, 9.17) is 18.9 Å². The lowest BCUT2D eigenvalue weighted by molar-refractivity contribution is -0.118. The molecule has 2 fully saturated rings. The summed E-state index contributed by atoms with van der Waals surface area (Å²) >= 11 is 0. The molecule has 26 heavy (non-hydrogen) atoms. The molecule has 7 nitrogen and oxygen atoms in total. The lowest BCUT2D eigenvalue weighted by Crippen LogP contribution is -2.37. The Morgan fingerprint density at radius 3 is 2.77 bits per heavy atom. The first-order valence-electron chi connectivity index (χ1n) is 9.60. The molecule has 0 radical (unpaired) electrons. The third-order valence-corrected chi connectivity index (χ3v) is 5.10. The maximum absolute atomic E-state index is 9.37. The van der Waals surface area contributed by atoms with Crippen molar-refractivity contribution in [2.75, 3.05) is 46.2 Å². The van der Waals surface area contributed by atoms with Gasteiger partial charge in [0, 0.05) is 6.20 Å². The Morgan fingerprint density at radius 2 is 2.00 bits per heavy atom. The van der Waals surface area contributed by atoms with Gasteiger partial charge in [0.25, 0.3) is 0 Å². The number of hydrogen-bond acceptors (Lipinski definition) is 7. The quantitative estimate of drug-likeness (QED) is 0.665. The highest BCUT2D eigenvalue weighted by Gasteiger charge is 2.37. The van der Waals surface area contributed by atoms with Crippen molar-refractivity contribution in [2.24, 2.45) is 0 Å². The summed E-state index contributed by atoms with van der Waals surface area (Å²) in [5, 5.41) is 9.37. The molecule has 1 aliphatic carbocycles. The van der Waals surface area contributed by atoms with Gasteiger partial charge in [0.2, 0.25) is 0 Å². The van der Waals surface area contributed by atoms with E-state index in [9.17, 15) is 5.11 Å². The fraction of sp³-hybridized carbons (Fsp3) is 0.789. The van der Waals surface area contributed by atoms with Gasteiger partial charge >= 0.3 is 0 Å². The predicted molar refractivity (Wildman–Crippen MR) is 94.9 cm³/mol. The molecule has 1 N–H and O–H groups in total. The molecule has 0 bridgehead atoms. The van der Waals surface area contributed by atoms with E-state index in [-0.39, 0.29) is 18.1 Å². The van der Waals surface area contributed by atoms with Crippen molar-refractivity contribution in [1.82, 2.24) is 9.97 Å². The number of ether oxygens (including phenoxy) is 4. The SMILES string of the molecule is OCc1ccnc(C2(COCCOC[C@H]3COCCO3)CCCCC2)n1. The van der Waals surface area contributed by atoms with Crippen LogP contribution in [0.1, 0.15) is 43.6 Å². The Labute approximate surface area is 155 Å². The lowest BCUT2D eigenvalue weighted by atomic mass is 9.74. The van der Waals surface area contributed by atoms with E-state index < -0.39 is 0 Å².